The number of hydrogen-bond donors (Lipinski definition) is 1. The highest BCUT2D eigenvalue weighted by molar-refractivity contribution is 5.80. The highest BCUT2D eigenvalue weighted by atomic mass is 16.5. The van der Waals surface area contributed by atoms with Gasteiger partial charge >= 0.3 is 0 Å². The van der Waals surface area contributed by atoms with Crippen LogP contribution < -0.4 is 5.32 Å². The first-order valence-electron chi connectivity index (χ1n) is 8.36. The molecule has 21 heavy (non-hydrogen) atoms. The van der Waals surface area contributed by atoms with E-state index >= 15 is 0 Å². The molecular formula is C16H32N2O3. The third kappa shape index (κ3) is 7.79. The van der Waals surface area contributed by atoms with Gasteiger partial charge in [-0.2, -0.15) is 0 Å². The van der Waals surface area contributed by atoms with E-state index in [2.05, 4.69) is 17.1 Å². The third-order valence-corrected chi connectivity index (χ3v) is 3.98. The lowest BCUT2D eigenvalue weighted by Gasteiger charge is -2.31. The monoisotopic (exact) mass is 300 g/mol. The Bertz CT molecular complexity index is 279. The van der Waals surface area contributed by atoms with Crippen LogP contribution in [0, 0.1) is 5.92 Å². The third-order valence-electron chi connectivity index (χ3n) is 3.98. The van der Waals surface area contributed by atoms with E-state index in [4.69, 9.17) is 9.47 Å². The maximum absolute atomic E-state index is 11.9. The molecule has 0 aromatic heterocycles. The van der Waals surface area contributed by atoms with Crippen LogP contribution in [-0.2, 0) is 14.3 Å². The van der Waals surface area contributed by atoms with E-state index < -0.39 is 6.10 Å². The van der Waals surface area contributed by atoms with Gasteiger partial charge in [0.25, 0.3) is 0 Å². The van der Waals surface area contributed by atoms with E-state index in [1.165, 1.54) is 25.8 Å². The summed E-state index contributed by atoms with van der Waals surface area (Å²) in [5, 5.41) is 3.02. The molecule has 0 aromatic carbocycles. The summed E-state index contributed by atoms with van der Waals surface area (Å²) < 4.78 is 10.6. The Labute approximate surface area is 129 Å². The second-order valence-corrected chi connectivity index (χ2v) is 5.74. The maximum atomic E-state index is 11.9. The summed E-state index contributed by atoms with van der Waals surface area (Å²) >= 11 is 0. The fourth-order valence-corrected chi connectivity index (χ4v) is 2.62. The van der Waals surface area contributed by atoms with E-state index in [0.29, 0.717) is 25.7 Å². The molecule has 0 unspecified atom stereocenters. The van der Waals surface area contributed by atoms with Crippen molar-refractivity contribution in [2.75, 3.05) is 46.0 Å². The van der Waals surface area contributed by atoms with Crippen molar-refractivity contribution >= 4 is 5.91 Å². The highest BCUT2D eigenvalue weighted by Crippen LogP contribution is 2.16. The number of ether oxygens (including phenoxy) is 2. The van der Waals surface area contributed by atoms with E-state index in [1.807, 2.05) is 6.92 Å². The molecule has 0 spiro atoms. The van der Waals surface area contributed by atoms with E-state index in [0.717, 1.165) is 19.6 Å². The Morgan fingerprint density at radius 2 is 2.00 bits per heavy atom. The molecule has 1 rings (SSSR count). The van der Waals surface area contributed by atoms with Crippen molar-refractivity contribution in [3.63, 3.8) is 0 Å². The molecule has 1 aliphatic rings. The molecule has 0 bridgehead atoms. The van der Waals surface area contributed by atoms with Gasteiger partial charge in [0.2, 0.25) is 5.91 Å². The molecule has 0 aliphatic carbocycles. The van der Waals surface area contributed by atoms with Gasteiger partial charge in [0.05, 0.1) is 13.2 Å². The van der Waals surface area contributed by atoms with Crippen LogP contribution in [0.1, 0.15) is 40.0 Å². The van der Waals surface area contributed by atoms with Crippen LogP contribution in [0.15, 0.2) is 0 Å². The van der Waals surface area contributed by atoms with Crippen molar-refractivity contribution < 1.29 is 14.3 Å². The summed E-state index contributed by atoms with van der Waals surface area (Å²) in [6.45, 7) is 12.0. The van der Waals surface area contributed by atoms with Crippen molar-refractivity contribution in [1.29, 1.82) is 0 Å². The number of piperidine rings is 1. The quantitative estimate of drug-likeness (QED) is 0.624. The van der Waals surface area contributed by atoms with Crippen LogP contribution in [0.2, 0.25) is 0 Å². The Kier molecular flexibility index (Phi) is 9.63. The Hall–Kier alpha value is -0.650. The van der Waals surface area contributed by atoms with Gasteiger partial charge in [0.1, 0.15) is 6.10 Å². The van der Waals surface area contributed by atoms with E-state index in [1.54, 1.807) is 6.92 Å². The smallest absolute Gasteiger partial charge is 0.248 e. The minimum absolute atomic E-state index is 0.0116. The van der Waals surface area contributed by atoms with Gasteiger partial charge in [0.15, 0.2) is 0 Å². The van der Waals surface area contributed by atoms with Crippen molar-refractivity contribution in [1.82, 2.24) is 10.2 Å². The second-order valence-electron chi connectivity index (χ2n) is 5.74. The molecule has 0 radical (unpaired) electrons. The van der Waals surface area contributed by atoms with Gasteiger partial charge in [-0.3, -0.25) is 4.79 Å². The molecule has 5 heteroatoms. The van der Waals surface area contributed by atoms with Gasteiger partial charge in [-0.25, -0.2) is 0 Å². The largest absolute Gasteiger partial charge is 0.379 e. The lowest BCUT2D eigenvalue weighted by molar-refractivity contribution is -0.132. The number of carbonyl (C=O) groups excluding carboxylic acids is 1. The zero-order valence-electron chi connectivity index (χ0n) is 13.9. The lowest BCUT2D eigenvalue weighted by atomic mass is 9.96. The normalized spacial score (nSPS) is 18.6. The summed E-state index contributed by atoms with van der Waals surface area (Å²) in [7, 11) is 0. The number of nitrogens with zero attached hydrogens (tertiary/aromatic N) is 1. The fraction of sp³-hybridized carbons (Fsp3) is 0.938. The van der Waals surface area contributed by atoms with Crippen molar-refractivity contribution in [2.45, 2.75) is 46.1 Å². The minimum atomic E-state index is -0.398. The summed E-state index contributed by atoms with van der Waals surface area (Å²) in [4.78, 5) is 14.4. The summed E-state index contributed by atoms with van der Waals surface area (Å²) in [6.07, 6.45) is 3.18. The molecule has 1 fully saturated rings. The summed E-state index contributed by atoms with van der Waals surface area (Å²) in [5.74, 6) is 0.597. The molecule has 1 aliphatic heterocycles. The number of likely N-dealkylation sites (tertiary alicyclic amines) is 1. The van der Waals surface area contributed by atoms with Crippen molar-refractivity contribution in [2.24, 2.45) is 5.92 Å². The molecule has 1 N–H and O–H groups in total. The number of hydrogen-bond acceptors (Lipinski definition) is 4. The Balaban J connectivity index is 2.10. The molecule has 1 amide bonds. The first-order chi connectivity index (χ1) is 10.2. The number of amides is 1. The Morgan fingerprint density at radius 1 is 1.29 bits per heavy atom. The van der Waals surface area contributed by atoms with Gasteiger partial charge in [-0.15, -0.1) is 0 Å². The van der Waals surface area contributed by atoms with Crippen molar-refractivity contribution in [3.05, 3.63) is 0 Å². The average Bonchev–Trinajstić information content (AvgIpc) is 2.50. The fourth-order valence-electron chi connectivity index (χ4n) is 2.62. The number of nitrogens with one attached hydrogen (secondary N) is 1. The summed E-state index contributed by atoms with van der Waals surface area (Å²) in [6, 6.07) is 0. The zero-order valence-corrected chi connectivity index (χ0v) is 13.9. The Morgan fingerprint density at radius 3 is 2.62 bits per heavy atom. The van der Waals surface area contributed by atoms with Crippen LogP contribution in [-0.4, -0.2) is 62.9 Å². The number of rotatable bonds is 10. The molecule has 1 heterocycles. The predicted molar refractivity (Wildman–Crippen MR) is 84.4 cm³/mol. The topological polar surface area (TPSA) is 50.8 Å². The maximum Gasteiger partial charge on any atom is 0.248 e. The molecule has 0 aromatic rings. The molecule has 124 valence electrons. The SMILES string of the molecule is CCCN1CCC(CNC(=O)[C@@H](C)OCCOCC)CC1. The van der Waals surface area contributed by atoms with Crippen molar-refractivity contribution in [3.8, 4) is 0 Å². The van der Waals surface area contributed by atoms with E-state index in [9.17, 15) is 4.79 Å². The van der Waals surface area contributed by atoms with Crippen LogP contribution in [0.25, 0.3) is 0 Å². The van der Waals surface area contributed by atoms with Gasteiger partial charge < -0.3 is 19.7 Å². The summed E-state index contributed by atoms with van der Waals surface area (Å²) in [5.41, 5.74) is 0. The highest BCUT2D eigenvalue weighted by Gasteiger charge is 2.20. The van der Waals surface area contributed by atoms with Crippen LogP contribution in [0.4, 0.5) is 0 Å². The van der Waals surface area contributed by atoms with Gasteiger partial charge in [-0.05, 0) is 58.7 Å². The first kappa shape index (κ1) is 18.4. The zero-order chi connectivity index (χ0) is 15.5. The molecular weight excluding hydrogens is 268 g/mol. The molecule has 0 saturated carbocycles. The van der Waals surface area contributed by atoms with E-state index in [-0.39, 0.29) is 5.91 Å². The average molecular weight is 300 g/mol. The lowest BCUT2D eigenvalue weighted by Crippen LogP contribution is -2.41. The molecule has 5 nitrogen and oxygen atoms in total. The van der Waals surface area contributed by atoms with Crippen LogP contribution in [0.3, 0.4) is 0 Å². The predicted octanol–water partition coefficient (Wildman–Crippen LogP) is 1.67. The van der Waals surface area contributed by atoms with Gasteiger partial charge in [-0.1, -0.05) is 6.92 Å². The first-order valence-corrected chi connectivity index (χ1v) is 8.36. The minimum Gasteiger partial charge on any atom is -0.379 e. The van der Waals surface area contributed by atoms with Gasteiger partial charge in [0, 0.05) is 13.2 Å². The second kappa shape index (κ2) is 11.0. The van der Waals surface area contributed by atoms with Crippen LogP contribution in [0.5, 0.6) is 0 Å². The molecule has 1 atom stereocenters. The van der Waals surface area contributed by atoms with Crippen LogP contribution >= 0.6 is 0 Å². The molecule has 1 saturated heterocycles. The number of carbonyl (C=O) groups is 1. The standard InChI is InChI=1S/C16H32N2O3/c1-4-8-18-9-6-15(7-10-18)13-17-16(19)14(3)21-12-11-20-5-2/h14-15H,4-13H2,1-3H3,(H,17,19)/t14-/m1/s1.